The average molecular weight is 275 g/mol. The number of hydrazine groups is 1. The first-order valence-electron chi connectivity index (χ1n) is 5.86. The van der Waals surface area contributed by atoms with Crippen LogP contribution in [0.1, 0.15) is 35.7 Å². The maximum absolute atomic E-state index is 12.6. The van der Waals surface area contributed by atoms with Crippen molar-refractivity contribution in [3.8, 4) is 0 Å². The number of rotatable bonds is 5. The highest BCUT2D eigenvalue weighted by Crippen LogP contribution is 2.31. The monoisotopic (exact) mass is 275 g/mol. The van der Waals surface area contributed by atoms with Crippen molar-refractivity contribution in [1.29, 1.82) is 0 Å². The van der Waals surface area contributed by atoms with E-state index in [1.807, 2.05) is 6.92 Å². The third-order valence-electron chi connectivity index (χ3n) is 2.56. The van der Waals surface area contributed by atoms with Crippen molar-refractivity contribution in [3.05, 3.63) is 29.3 Å². The van der Waals surface area contributed by atoms with Crippen LogP contribution in [-0.4, -0.2) is 12.5 Å². The first kappa shape index (κ1) is 15.3. The highest BCUT2D eigenvalue weighted by molar-refractivity contribution is 5.99. The van der Waals surface area contributed by atoms with E-state index in [2.05, 4.69) is 10.7 Å². The van der Waals surface area contributed by atoms with Gasteiger partial charge in [-0.15, -0.1) is 0 Å². The number of hydrogen-bond acceptors (Lipinski definition) is 3. The third kappa shape index (κ3) is 4.13. The van der Waals surface area contributed by atoms with Gasteiger partial charge in [-0.05, 0) is 24.6 Å². The molecule has 0 fully saturated rings. The van der Waals surface area contributed by atoms with E-state index in [1.54, 1.807) is 0 Å². The van der Waals surface area contributed by atoms with Crippen molar-refractivity contribution in [1.82, 2.24) is 5.32 Å². The summed E-state index contributed by atoms with van der Waals surface area (Å²) in [5.74, 6) is 4.61. The van der Waals surface area contributed by atoms with Crippen molar-refractivity contribution in [2.45, 2.75) is 25.9 Å². The smallest absolute Gasteiger partial charge is 0.352 e. The van der Waals surface area contributed by atoms with E-state index >= 15 is 0 Å². The number of benzene rings is 1. The van der Waals surface area contributed by atoms with Crippen LogP contribution in [0.25, 0.3) is 0 Å². The minimum atomic E-state index is -4.49. The molecule has 0 aliphatic rings. The van der Waals surface area contributed by atoms with Crippen molar-refractivity contribution in [2.75, 3.05) is 12.0 Å². The number of nitrogens with two attached hydrogens (primary N) is 1. The maximum atomic E-state index is 12.6. The van der Waals surface area contributed by atoms with Gasteiger partial charge < -0.3 is 10.7 Å². The molecule has 0 spiro atoms. The van der Waals surface area contributed by atoms with E-state index in [4.69, 9.17) is 5.84 Å². The summed E-state index contributed by atoms with van der Waals surface area (Å²) in [7, 11) is 0. The molecule has 0 radical (unpaired) electrons. The Kier molecular flexibility index (Phi) is 5.17. The summed E-state index contributed by atoms with van der Waals surface area (Å²) in [6, 6.07) is 2.80. The number of amides is 1. The van der Waals surface area contributed by atoms with Crippen LogP contribution in [0.3, 0.4) is 0 Å². The zero-order valence-corrected chi connectivity index (χ0v) is 10.5. The average Bonchev–Trinajstić information content (AvgIpc) is 2.37. The molecular weight excluding hydrogens is 259 g/mol. The largest absolute Gasteiger partial charge is 0.416 e. The molecule has 0 aromatic heterocycles. The predicted molar refractivity (Wildman–Crippen MR) is 66.5 cm³/mol. The zero-order chi connectivity index (χ0) is 14.5. The Bertz CT molecular complexity index is 446. The summed E-state index contributed by atoms with van der Waals surface area (Å²) in [5.41, 5.74) is 1.37. The van der Waals surface area contributed by atoms with Gasteiger partial charge in [0.15, 0.2) is 0 Å². The Morgan fingerprint density at radius 3 is 2.58 bits per heavy atom. The highest BCUT2D eigenvalue weighted by Gasteiger charge is 2.31. The Morgan fingerprint density at radius 2 is 2.05 bits per heavy atom. The summed E-state index contributed by atoms with van der Waals surface area (Å²) in [5, 5.41) is 2.55. The van der Waals surface area contributed by atoms with Crippen LogP contribution in [0.15, 0.2) is 18.2 Å². The fraction of sp³-hybridized carbons (Fsp3) is 0.417. The lowest BCUT2D eigenvalue weighted by atomic mass is 10.1. The Morgan fingerprint density at radius 1 is 1.37 bits per heavy atom. The van der Waals surface area contributed by atoms with Gasteiger partial charge in [-0.1, -0.05) is 13.3 Å². The zero-order valence-electron chi connectivity index (χ0n) is 10.5. The van der Waals surface area contributed by atoms with Gasteiger partial charge in [0.2, 0.25) is 0 Å². The van der Waals surface area contributed by atoms with Crippen LogP contribution in [0, 0.1) is 0 Å². The molecule has 7 heteroatoms. The molecular formula is C12H16F3N3O. The van der Waals surface area contributed by atoms with Gasteiger partial charge in [-0.2, -0.15) is 13.2 Å². The number of halogens is 3. The molecule has 1 aromatic rings. The SMILES string of the molecule is CCCCNC(=O)c1cc(C(F)(F)F)ccc1NN. The van der Waals surface area contributed by atoms with Crippen molar-refractivity contribution < 1.29 is 18.0 Å². The van der Waals surface area contributed by atoms with Crippen LogP contribution < -0.4 is 16.6 Å². The molecule has 0 aliphatic heterocycles. The number of carbonyl (C=O) groups excluding carboxylic acids is 1. The first-order valence-corrected chi connectivity index (χ1v) is 5.86. The van der Waals surface area contributed by atoms with E-state index in [-0.39, 0.29) is 11.3 Å². The second-order valence-electron chi connectivity index (χ2n) is 4.01. The fourth-order valence-corrected chi connectivity index (χ4v) is 1.51. The molecule has 0 bridgehead atoms. The lowest BCUT2D eigenvalue weighted by Gasteiger charge is -2.13. The van der Waals surface area contributed by atoms with Crippen LogP contribution in [0.2, 0.25) is 0 Å². The van der Waals surface area contributed by atoms with E-state index in [9.17, 15) is 18.0 Å². The van der Waals surface area contributed by atoms with Crippen molar-refractivity contribution in [2.24, 2.45) is 5.84 Å². The molecule has 0 saturated heterocycles. The van der Waals surface area contributed by atoms with Crippen LogP contribution in [0.5, 0.6) is 0 Å². The van der Waals surface area contributed by atoms with Crippen molar-refractivity contribution >= 4 is 11.6 Å². The first-order chi connectivity index (χ1) is 8.90. The molecule has 19 heavy (non-hydrogen) atoms. The fourth-order valence-electron chi connectivity index (χ4n) is 1.51. The number of nitrogens with one attached hydrogen (secondary N) is 2. The van der Waals surface area contributed by atoms with Crippen molar-refractivity contribution in [3.63, 3.8) is 0 Å². The normalized spacial score (nSPS) is 11.2. The van der Waals surface area contributed by atoms with Gasteiger partial charge in [-0.3, -0.25) is 10.6 Å². The minimum Gasteiger partial charge on any atom is -0.352 e. The molecule has 1 aromatic carbocycles. The van der Waals surface area contributed by atoms with Gasteiger partial charge in [-0.25, -0.2) is 0 Å². The number of carbonyl (C=O) groups is 1. The summed E-state index contributed by atoms with van der Waals surface area (Å²) in [6.45, 7) is 2.36. The molecule has 106 valence electrons. The molecule has 4 nitrogen and oxygen atoms in total. The van der Waals surface area contributed by atoms with Crippen LogP contribution >= 0.6 is 0 Å². The van der Waals surface area contributed by atoms with E-state index < -0.39 is 17.6 Å². The molecule has 4 N–H and O–H groups in total. The quantitative estimate of drug-likeness (QED) is 0.439. The van der Waals surface area contributed by atoms with Gasteiger partial charge >= 0.3 is 6.18 Å². The lowest BCUT2D eigenvalue weighted by Crippen LogP contribution is -2.26. The summed E-state index contributed by atoms with van der Waals surface area (Å²) in [4.78, 5) is 11.8. The number of anilines is 1. The standard InChI is InChI=1S/C12H16F3N3O/c1-2-3-6-17-11(19)9-7-8(12(13,14)15)4-5-10(9)18-16/h4-5,7,18H,2-3,6,16H2,1H3,(H,17,19). The van der Waals surface area contributed by atoms with Gasteiger partial charge in [0, 0.05) is 6.54 Å². The summed E-state index contributed by atoms with van der Waals surface area (Å²) in [6.07, 6.45) is -2.85. The number of unbranched alkanes of at least 4 members (excludes halogenated alkanes) is 1. The van der Waals surface area contributed by atoms with Crippen LogP contribution in [-0.2, 0) is 6.18 Å². The summed E-state index contributed by atoms with van der Waals surface area (Å²) >= 11 is 0. The second-order valence-corrected chi connectivity index (χ2v) is 4.01. The number of alkyl halides is 3. The number of hydrogen-bond donors (Lipinski definition) is 3. The van der Waals surface area contributed by atoms with Gasteiger partial charge in [0.05, 0.1) is 16.8 Å². The van der Waals surface area contributed by atoms with E-state index in [0.29, 0.717) is 6.54 Å². The highest BCUT2D eigenvalue weighted by atomic mass is 19.4. The maximum Gasteiger partial charge on any atom is 0.416 e. The molecule has 1 amide bonds. The molecule has 1 rings (SSSR count). The van der Waals surface area contributed by atoms with Crippen LogP contribution in [0.4, 0.5) is 18.9 Å². The van der Waals surface area contributed by atoms with E-state index in [0.717, 1.165) is 31.0 Å². The third-order valence-corrected chi connectivity index (χ3v) is 2.56. The summed E-state index contributed by atoms with van der Waals surface area (Å²) < 4.78 is 37.8. The molecule has 0 atom stereocenters. The van der Waals surface area contributed by atoms with Gasteiger partial charge in [0.25, 0.3) is 5.91 Å². The molecule has 0 heterocycles. The van der Waals surface area contributed by atoms with Gasteiger partial charge in [0.1, 0.15) is 0 Å². The second kappa shape index (κ2) is 6.42. The minimum absolute atomic E-state index is 0.117. The lowest BCUT2D eigenvalue weighted by molar-refractivity contribution is -0.137. The Balaban J connectivity index is 2.99. The number of nitrogen functional groups attached to an aromatic ring is 1. The molecule has 0 aliphatic carbocycles. The Hall–Kier alpha value is -1.76. The molecule has 0 unspecified atom stereocenters. The Labute approximate surface area is 109 Å². The predicted octanol–water partition coefficient (Wildman–Crippen LogP) is 2.52. The van der Waals surface area contributed by atoms with E-state index in [1.165, 1.54) is 0 Å². The molecule has 0 saturated carbocycles. The topological polar surface area (TPSA) is 67.2 Å².